The van der Waals surface area contributed by atoms with Crippen LogP contribution in [0, 0.1) is 5.41 Å². The van der Waals surface area contributed by atoms with Gasteiger partial charge in [-0.2, -0.15) is 0 Å². The van der Waals surface area contributed by atoms with Crippen LogP contribution in [0.1, 0.15) is 26.7 Å². The Bertz CT molecular complexity index is 164. The molecule has 0 radical (unpaired) electrons. The first-order chi connectivity index (χ1) is 5.81. The molecule has 0 atom stereocenters. The highest BCUT2D eigenvalue weighted by Gasteiger charge is 2.40. The highest BCUT2D eigenvalue weighted by molar-refractivity contribution is 5.77. The maximum Gasteiger partial charge on any atom is 0.220 e. The van der Waals surface area contributed by atoms with Gasteiger partial charge in [0.2, 0.25) is 5.91 Å². The zero-order valence-corrected chi connectivity index (χ0v) is 7.94. The lowest BCUT2D eigenvalue weighted by atomic mass is 9.74. The molecular formula is C9H18N2O. The first kappa shape index (κ1) is 9.52. The van der Waals surface area contributed by atoms with Gasteiger partial charge in [0.15, 0.2) is 0 Å². The van der Waals surface area contributed by atoms with Crippen LogP contribution in [0.4, 0.5) is 0 Å². The quantitative estimate of drug-likeness (QED) is 0.556. The second-order valence-electron chi connectivity index (χ2n) is 3.38. The molecule has 0 saturated carbocycles. The molecule has 0 aromatic heterocycles. The van der Waals surface area contributed by atoms with Crippen LogP contribution in [0.15, 0.2) is 0 Å². The first-order valence-electron chi connectivity index (χ1n) is 4.78. The Kier molecular flexibility index (Phi) is 3.09. The average Bonchev–Trinajstić information content (AvgIpc) is 2.06. The zero-order chi connectivity index (χ0) is 9.03. The zero-order valence-electron chi connectivity index (χ0n) is 7.94. The van der Waals surface area contributed by atoms with Crippen molar-refractivity contribution in [2.75, 3.05) is 19.6 Å². The van der Waals surface area contributed by atoms with E-state index in [2.05, 4.69) is 10.6 Å². The predicted molar refractivity (Wildman–Crippen MR) is 48.9 cm³/mol. The second kappa shape index (κ2) is 3.90. The van der Waals surface area contributed by atoms with Crippen LogP contribution in [0.25, 0.3) is 0 Å². The Morgan fingerprint density at radius 1 is 1.33 bits per heavy atom. The molecule has 70 valence electrons. The number of piperidine rings is 1. The summed E-state index contributed by atoms with van der Waals surface area (Å²) in [6, 6.07) is 0. The number of carbonyl (C=O) groups is 1. The molecule has 0 aliphatic carbocycles. The van der Waals surface area contributed by atoms with Crippen molar-refractivity contribution in [1.82, 2.24) is 10.6 Å². The molecule has 0 aromatic carbocycles. The van der Waals surface area contributed by atoms with Crippen LogP contribution in [-0.4, -0.2) is 25.5 Å². The van der Waals surface area contributed by atoms with Crippen LogP contribution < -0.4 is 10.6 Å². The van der Waals surface area contributed by atoms with Gasteiger partial charge in [-0.3, -0.25) is 4.79 Å². The van der Waals surface area contributed by atoms with E-state index in [4.69, 9.17) is 0 Å². The van der Waals surface area contributed by atoms with E-state index < -0.39 is 0 Å². The van der Waals surface area contributed by atoms with Gasteiger partial charge in [0, 0.05) is 31.5 Å². The smallest absolute Gasteiger partial charge is 0.220 e. The third-order valence-electron chi connectivity index (χ3n) is 2.51. The van der Waals surface area contributed by atoms with E-state index in [1.54, 1.807) is 0 Å². The Labute approximate surface area is 73.9 Å². The van der Waals surface area contributed by atoms with E-state index in [1.807, 2.05) is 13.8 Å². The molecule has 2 fully saturated rings. The Morgan fingerprint density at radius 3 is 2.33 bits per heavy atom. The molecule has 2 aliphatic heterocycles. The molecule has 0 aromatic rings. The summed E-state index contributed by atoms with van der Waals surface area (Å²) in [4.78, 5) is 10.9. The molecular weight excluding hydrogens is 152 g/mol. The average molecular weight is 170 g/mol. The maximum absolute atomic E-state index is 10.9. The van der Waals surface area contributed by atoms with E-state index in [0.29, 0.717) is 5.41 Å². The van der Waals surface area contributed by atoms with Crippen LogP contribution in [0.5, 0.6) is 0 Å². The third kappa shape index (κ3) is 1.78. The summed E-state index contributed by atoms with van der Waals surface area (Å²) in [6.45, 7) is 6.96. The summed E-state index contributed by atoms with van der Waals surface area (Å²) in [7, 11) is 0. The minimum absolute atomic E-state index is 0.229. The van der Waals surface area contributed by atoms with Crippen LogP contribution in [0.2, 0.25) is 0 Å². The molecule has 2 N–H and O–H groups in total. The predicted octanol–water partition coefficient (Wildman–Crippen LogP) is 0.512. The Morgan fingerprint density at radius 2 is 2.00 bits per heavy atom. The van der Waals surface area contributed by atoms with Crippen LogP contribution in [0.3, 0.4) is 0 Å². The first-order valence-corrected chi connectivity index (χ1v) is 4.78. The second-order valence-corrected chi connectivity index (χ2v) is 3.38. The fraction of sp³-hybridized carbons (Fsp3) is 0.889. The fourth-order valence-electron chi connectivity index (χ4n) is 1.74. The molecule has 3 nitrogen and oxygen atoms in total. The fourth-order valence-corrected chi connectivity index (χ4v) is 1.74. The van der Waals surface area contributed by atoms with Crippen molar-refractivity contribution in [2.45, 2.75) is 26.7 Å². The minimum atomic E-state index is 0.229. The molecule has 2 aliphatic rings. The van der Waals surface area contributed by atoms with Gasteiger partial charge in [-0.25, -0.2) is 0 Å². The molecule has 1 spiro atoms. The van der Waals surface area contributed by atoms with Crippen molar-refractivity contribution in [3.05, 3.63) is 0 Å². The number of nitrogens with one attached hydrogen (secondary N) is 2. The summed E-state index contributed by atoms with van der Waals surface area (Å²) in [5, 5.41) is 6.05. The standard InChI is InChI=1S/C7H12N2O.C2H6/c10-6-3-7(1-2-9-6)4-8-5-7;1-2/h8H,1-5H2,(H,9,10);1-2H3. The lowest BCUT2D eigenvalue weighted by molar-refractivity contribution is -0.127. The lowest BCUT2D eigenvalue weighted by Gasteiger charge is -2.44. The van der Waals surface area contributed by atoms with Gasteiger partial charge < -0.3 is 10.6 Å². The highest BCUT2D eigenvalue weighted by atomic mass is 16.1. The van der Waals surface area contributed by atoms with Crippen LogP contribution >= 0.6 is 0 Å². The third-order valence-corrected chi connectivity index (χ3v) is 2.51. The van der Waals surface area contributed by atoms with E-state index in [0.717, 1.165) is 32.5 Å². The summed E-state index contributed by atoms with van der Waals surface area (Å²) in [5.74, 6) is 0.229. The summed E-state index contributed by atoms with van der Waals surface area (Å²) < 4.78 is 0. The van der Waals surface area contributed by atoms with Gasteiger partial charge in [0.1, 0.15) is 0 Å². The van der Waals surface area contributed by atoms with Crippen molar-refractivity contribution in [1.29, 1.82) is 0 Å². The molecule has 2 rings (SSSR count). The molecule has 0 bridgehead atoms. The van der Waals surface area contributed by atoms with Crippen molar-refractivity contribution >= 4 is 5.91 Å². The summed E-state index contributed by atoms with van der Waals surface area (Å²) in [5.41, 5.74) is 0.350. The van der Waals surface area contributed by atoms with Gasteiger partial charge >= 0.3 is 0 Å². The van der Waals surface area contributed by atoms with E-state index in [-0.39, 0.29) is 5.91 Å². The van der Waals surface area contributed by atoms with E-state index >= 15 is 0 Å². The van der Waals surface area contributed by atoms with Gasteiger partial charge in [0.25, 0.3) is 0 Å². The number of hydrogen-bond acceptors (Lipinski definition) is 2. The number of rotatable bonds is 0. The van der Waals surface area contributed by atoms with E-state index in [9.17, 15) is 4.79 Å². The van der Waals surface area contributed by atoms with Gasteiger partial charge in [-0.05, 0) is 6.42 Å². The topological polar surface area (TPSA) is 41.1 Å². The van der Waals surface area contributed by atoms with Gasteiger partial charge in [0.05, 0.1) is 0 Å². The lowest BCUT2D eigenvalue weighted by Crippen LogP contribution is -2.58. The van der Waals surface area contributed by atoms with Crippen molar-refractivity contribution in [3.8, 4) is 0 Å². The maximum atomic E-state index is 10.9. The SMILES string of the molecule is CC.O=C1CC2(CCN1)CNC2. The molecule has 12 heavy (non-hydrogen) atoms. The monoisotopic (exact) mass is 170 g/mol. The summed E-state index contributed by atoms with van der Waals surface area (Å²) >= 11 is 0. The molecule has 2 saturated heterocycles. The number of carbonyl (C=O) groups excluding carboxylic acids is 1. The number of hydrogen-bond donors (Lipinski definition) is 2. The number of amides is 1. The minimum Gasteiger partial charge on any atom is -0.356 e. The Balaban J connectivity index is 0.000000336. The van der Waals surface area contributed by atoms with Crippen LogP contribution in [-0.2, 0) is 4.79 Å². The molecule has 3 heteroatoms. The highest BCUT2D eigenvalue weighted by Crippen LogP contribution is 2.32. The molecule has 0 unspecified atom stereocenters. The van der Waals surface area contributed by atoms with Gasteiger partial charge in [-0.1, -0.05) is 13.8 Å². The Hall–Kier alpha value is -0.570. The normalized spacial score (nSPS) is 25.0. The van der Waals surface area contributed by atoms with Crippen molar-refractivity contribution < 1.29 is 4.79 Å². The van der Waals surface area contributed by atoms with Gasteiger partial charge in [-0.15, -0.1) is 0 Å². The largest absolute Gasteiger partial charge is 0.356 e. The van der Waals surface area contributed by atoms with Crippen molar-refractivity contribution in [3.63, 3.8) is 0 Å². The van der Waals surface area contributed by atoms with Crippen molar-refractivity contribution in [2.24, 2.45) is 5.41 Å². The molecule has 1 amide bonds. The molecule has 2 heterocycles. The van der Waals surface area contributed by atoms with E-state index in [1.165, 1.54) is 0 Å². The summed E-state index contributed by atoms with van der Waals surface area (Å²) in [6.07, 6.45) is 1.89.